The molecule has 0 atom stereocenters. The highest BCUT2D eigenvalue weighted by Crippen LogP contribution is 2.45. The van der Waals surface area contributed by atoms with Crippen molar-refractivity contribution in [2.75, 3.05) is 21.3 Å². The molecule has 0 unspecified atom stereocenters. The molecule has 1 heterocycles. The smallest absolute Gasteiger partial charge is 0.352 e. The second-order valence-electron chi connectivity index (χ2n) is 5.08. The number of carboxylic acid groups (broad SMARTS) is 1. The minimum Gasteiger partial charge on any atom is -0.493 e. The van der Waals surface area contributed by atoms with E-state index >= 15 is 0 Å². The Morgan fingerprint density at radius 2 is 1.62 bits per heavy atom. The summed E-state index contributed by atoms with van der Waals surface area (Å²) in [6.45, 7) is 0. The molecule has 1 N–H and O–H groups in total. The van der Waals surface area contributed by atoms with E-state index in [4.69, 9.17) is 14.2 Å². The second kappa shape index (κ2) is 6.16. The Kier molecular flexibility index (Phi) is 4.04. The first-order valence-electron chi connectivity index (χ1n) is 7.25. The summed E-state index contributed by atoms with van der Waals surface area (Å²) in [7, 11) is 4.55. The van der Waals surface area contributed by atoms with Crippen LogP contribution in [0.1, 0.15) is 10.5 Å². The number of nitrogens with zero attached hydrogens (tertiary/aromatic N) is 1. The lowest BCUT2D eigenvalue weighted by molar-refractivity contribution is 0.0688. The van der Waals surface area contributed by atoms with E-state index in [-0.39, 0.29) is 5.69 Å². The fraction of sp³-hybridized carbons (Fsp3) is 0.167. The first kappa shape index (κ1) is 15.7. The standard InChI is InChI=1S/C18H17NO5/c1-22-15-10-13-12(16(23-2)17(15)24-3)9-14(18(20)21)19(13)11-7-5-4-6-8-11/h4-10H,1-3H3,(H,20,21). The largest absolute Gasteiger partial charge is 0.493 e. The number of carboxylic acids is 1. The zero-order valence-corrected chi connectivity index (χ0v) is 13.6. The van der Waals surface area contributed by atoms with E-state index in [0.717, 1.165) is 5.69 Å². The van der Waals surface area contributed by atoms with E-state index in [9.17, 15) is 9.90 Å². The number of hydrogen-bond donors (Lipinski definition) is 1. The molecule has 0 saturated carbocycles. The molecule has 0 amide bonds. The molecule has 2 aromatic carbocycles. The monoisotopic (exact) mass is 327 g/mol. The third kappa shape index (κ3) is 2.32. The number of hydrogen-bond acceptors (Lipinski definition) is 4. The highest BCUT2D eigenvalue weighted by atomic mass is 16.5. The second-order valence-corrected chi connectivity index (χ2v) is 5.08. The van der Waals surface area contributed by atoms with Gasteiger partial charge in [0.2, 0.25) is 5.75 Å². The van der Waals surface area contributed by atoms with Crippen LogP contribution in [0, 0.1) is 0 Å². The molecule has 0 aliphatic rings. The molecule has 0 spiro atoms. The van der Waals surface area contributed by atoms with Crippen molar-refractivity contribution in [3.05, 3.63) is 48.2 Å². The number of para-hydroxylation sites is 1. The maximum absolute atomic E-state index is 11.7. The van der Waals surface area contributed by atoms with Gasteiger partial charge in [0, 0.05) is 17.1 Å². The van der Waals surface area contributed by atoms with Crippen LogP contribution >= 0.6 is 0 Å². The molecule has 24 heavy (non-hydrogen) atoms. The normalized spacial score (nSPS) is 10.6. The molecule has 124 valence electrons. The van der Waals surface area contributed by atoms with Gasteiger partial charge in [0.25, 0.3) is 0 Å². The molecule has 0 radical (unpaired) electrons. The molecule has 0 fully saturated rings. The minimum absolute atomic E-state index is 0.129. The minimum atomic E-state index is -1.03. The Morgan fingerprint density at radius 1 is 0.958 bits per heavy atom. The number of benzene rings is 2. The summed E-state index contributed by atoms with van der Waals surface area (Å²) in [6.07, 6.45) is 0. The molecular formula is C18H17NO5. The van der Waals surface area contributed by atoms with Crippen molar-refractivity contribution in [2.24, 2.45) is 0 Å². The number of fused-ring (bicyclic) bond motifs is 1. The van der Waals surface area contributed by atoms with Crippen molar-refractivity contribution < 1.29 is 24.1 Å². The maximum atomic E-state index is 11.7. The van der Waals surface area contributed by atoms with Gasteiger partial charge in [0.1, 0.15) is 5.69 Å². The van der Waals surface area contributed by atoms with Crippen molar-refractivity contribution >= 4 is 16.9 Å². The Hall–Kier alpha value is -3.15. The van der Waals surface area contributed by atoms with Crippen LogP contribution in [0.2, 0.25) is 0 Å². The molecule has 6 heteroatoms. The summed E-state index contributed by atoms with van der Waals surface area (Å²) in [6, 6.07) is 12.6. The van der Waals surface area contributed by atoms with Crippen molar-refractivity contribution in [3.8, 4) is 22.9 Å². The summed E-state index contributed by atoms with van der Waals surface area (Å²) in [5.74, 6) is 0.294. The van der Waals surface area contributed by atoms with Crippen molar-refractivity contribution in [3.63, 3.8) is 0 Å². The van der Waals surface area contributed by atoms with Gasteiger partial charge < -0.3 is 23.9 Å². The molecular weight excluding hydrogens is 310 g/mol. The molecule has 1 aromatic heterocycles. The van der Waals surface area contributed by atoms with Gasteiger partial charge in [-0.15, -0.1) is 0 Å². The predicted molar refractivity (Wildman–Crippen MR) is 89.9 cm³/mol. The van der Waals surface area contributed by atoms with Gasteiger partial charge in [-0.25, -0.2) is 4.79 Å². The third-order valence-electron chi connectivity index (χ3n) is 3.84. The van der Waals surface area contributed by atoms with E-state index in [1.807, 2.05) is 30.3 Å². The van der Waals surface area contributed by atoms with Crippen LogP contribution in [0.15, 0.2) is 42.5 Å². The molecule has 0 aliphatic heterocycles. The number of methoxy groups -OCH3 is 3. The van der Waals surface area contributed by atoms with Crippen LogP contribution in [0.5, 0.6) is 17.2 Å². The van der Waals surface area contributed by atoms with Gasteiger partial charge in [0.05, 0.1) is 26.8 Å². The average Bonchev–Trinajstić information content (AvgIpc) is 2.99. The van der Waals surface area contributed by atoms with Crippen LogP contribution in [-0.2, 0) is 0 Å². The number of aromatic carboxylic acids is 1. The fourth-order valence-electron chi connectivity index (χ4n) is 2.83. The highest BCUT2D eigenvalue weighted by molar-refractivity contribution is 6.00. The number of rotatable bonds is 5. The van der Waals surface area contributed by atoms with Gasteiger partial charge in [-0.2, -0.15) is 0 Å². The number of aromatic nitrogens is 1. The summed E-state index contributed by atoms with van der Waals surface area (Å²) >= 11 is 0. The molecule has 3 rings (SSSR count). The van der Waals surface area contributed by atoms with E-state index in [2.05, 4.69) is 0 Å². The first-order valence-corrected chi connectivity index (χ1v) is 7.25. The maximum Gasteiger partial charge on any atom is 0.352 e. The molecule has 0 bridgehead atoms. The highest BCUT2D eigenvalue weighted by Gasteiger charge is 2.23. The van der Waals surface area contributed by atoms with E-state index < -0.39 is 5.97 Å². The van der Waals surface area contributed by atoms with Crippen LogP contribution in [0.25, 0.3) is 16.6 Å². The van der Waals surface area contributed by atoms with Crippen LogP contribution in [0.4, 0.5) is 0 Å². The SMILES string of the molecule is COc1cc2c(cc(C(=O)O)n2-c2ccccc2)c(OC)c1OC. The van der Waals surface area contributed by atoms with Gasteiger partial charge >= 0.3 is 5.97 Å². The van der Waals surface area contributed by atoms with Gasteiger partial charge in [-0.3, -0.25) is 0 Å². The zero-order chi connectivity index (χ0) is 17.3. The zero-order valence-electron chi connectivity index (χ0n) is 13.6. The summed E-state index contributed by atoms with van der Waals surface area (Å²) in [5.41, 5.74) is 1.53. The summed E-state index contributed by atoms with van der Waals surface area (Å²) < 4.78 is 17.9. The van der Waals surface area contributed by atoms with Crippen molar-refractivity contribution in [2.45, 2.75) is 0 Å². The van der Waals surface area contributed by atoms with Crippen molar-refractivity contribution in [1.82, 2.24) is 4.57 Å². The van der Waals surface area contributed by atoms with Crippen molar-refractivity contribution in [1.29, 1.82) is 0 Å². The lowest BCUT2D eigenvalue weighted by atomic mass is 10.2. The van der Waals surface area contributed by atoms with E-state index in [1.54, 1.807) is 16.7 Å². The summed E-state index contributed by atoms with van der Waals surface area (Å²) in [4.78, 5) is 11.7. The number of ether oxygens (including phenoxy) is 3. The Labute approximate surface area is 138 Å². The quantitative estimate of drug-likeness (QED) is 0.778. The number of carbonyl (C=O) groups is 1. The van der Waals surface area contributed by atoms with Gasteiger partial charge in [-0.1, -0.05) is 18.2 Å². The van der Waals surface area contributed by atoms with Crippen LogP contribution in [0.3, 0.4) is 0 Å². The van der Waals surface area contributed by atoms with E-state index in [0.29, 0.717) is 28.2 Å². The third-order valence-corrected chi connectivity index (χ3v) is 3.84. The lowest BCUT2D eigenvalue weighted by Crippen LogP contribution is -2.06. The van der Waals surface area contributed by atoms with E-state index in [1.165, 1.54) is 21.3 Å². The molecule has 6 nitrogen and oxygen atoms in total. The topological polar surface area (TPSA) is 69.9 Å². The average molecular weight is 327 g/mol. The van der Waals surface area contributed by atoms with Crippen LogP contribution in [-0.4, -0.2) is 37.0 Å². The van der Waals surface area contributed by atoms with Crippen LogP contribution < -0.4 is 14.2 Å². The fourth-order valence-corrected chi connectivity index (χ4v) is 2.83. The Balaban J connectivity index is 2.46. The Bertz CT molecular complexity index is 899. The molecule has 0 saturated heterocycles. The predicted octanol–water partition coefficient (Wildman–Crippen LogP) is 3.35. The lowest BCUT2D eigenvalue weighted by Gasteiger charge is -2.14. The molecule has 3 aromatic rings. The van der Waals surface area contributed by atoms with Gasteiger partial charge in [0.15, 0.2) is 11.5 Å². The first-order chi connectivity index (χ1) is 11.6. The van der Waals surface area contributed by atoms with Gasteiger partial charge in [-0.05, 0) is 18.2 Å². The molecule has 0 aliphatic carbocycles. The summed E-state index contributed by atoms with van der Waals surface area (Å²) in [5, 5.41) is 10.3. The Morgan fingerprint density at radius 3 is 2.17 bits per heavy atom.